The molecule has 0 radical (unpaired) electrons. The Morgan fingerprint density at radius 3 is 2.61 bits per heavy atom. The van der Waals surface area contributed by atoms with E-state index in [0.717, 1.165) is 40.6 Å². The lowest BCUT2D eigenvalue weighted by Gasteiger charge is -2.11. The van der Waals surface area contributed by atoms with E-state index in [4.69, 9.17) is 0 Å². The number of nitrogens with zero attached hydrogens (tertiary/aromatic N) is 2. The molecule has 0 N–H and O–H groups in total. The number of benzene rings is 1. The van der Waals surface area contributed by atoms with Gasteiger partial charge in [-0.15, -0.1) is 0 Å². The maximum Gasteiger partial charge on any atom is 0.343 e. The minimum absolute atomic E-state index is 0.137. The van der Waals surface area contributed by atoms with Crippen LogP contribution in [0.15, 0.2) is 35.3 Å². The fraction of sp³-hybridized carbons (Fsp3) is 0.250. The first-order chi connectivity index (χ1) is 10.8. The zero-order valence-corrected chi connectivity index (χ0v) is 13.0. The summed E-state index contributed by atoms with van der Waals surface area (Å²) in [7, 11) is 1.12. The Kier molecular flexibility index (Phi) is 4.59. The van der Waals surface area contributed by atoms with Crippen molar-refractivity contribution in [3.05, 3.63) is 73.2 Å². The summed E-state index contributed by atoms with van der Waals surface area (Å²) in [5.74, 6) is -0.895. The first kappa shape index (κ1) is 16.4. The van der Waals surface area contributed by atoms with Gasteiger partial charge in [-0.05, 0) is 25.0 Å². The minimum Gasteiger partial charge on any atom is -0.465 e. The number of hydrogen-bond acceptors (Lipinski definition) is 5. The maximum atomic E-state index is 12.4. The molecule has 7 nitrogen and oxygen atoms in total. The first-order valence-electron chi connectivity index (χ1n) is 6.87. The highest BCUT2D eigenvalue weighted by molar-refractivity contribution is 5.89. The lowest BCUT2D eigenvalue weighted by atomic mass is 10.1. The molecule has 0 saturated carbocycles. The minimum atomic E-state index is -0.895. The van der Waals surface area contributed by atoms with E-state index in [1.54, 1.807) is 0 Å². The third-order valence-corrected chi connectivity index (χ3v) is 3.53. The van der Waals surface area contributed by atoms with Crippen LogP contribution < -0.4 is 5.56 Å². The molecular formula is C16H16N2O5. The van der Waals surface area contributed by atoms with E-state index in [-0.39, 0.29) is 17.8 Å². The molecule has 0 aliphatic rings. The Morgan fingerprint density at radius 1 is 1.30 bits per heavy atom. The van der Waals surface area contributed by atoms with Crippen molar-refractivity contribution in [1.82, 2.24) is 4.57 Å². The third-order valence-electron chi connectivity index (χ3n) is 3.53. The van der Waals surface area contributed by atoms with E-state index in [1.807, 2.05) is 32.0 Å². The molecule has 0 aliphatic carbocycles. The molecule has 0 atom stereocenters. The molecule has 2 aromatic rings. The molecule has 1 heterocycles. The molecule has 0 saturated heterocycles. The normalized spacial score (nSPS) is 10.4. The maximum absolute atomic E-state index is 12.4. The number of hydrogen-bond donors (Lipinski definition) is 0. The number of carbonyl (C=O) groups is 1. The van der Waals surface area contributed by atoms with Crippen LogP contribution in [0.5, 0.6) is 0 Å². The van der Waals surface area contributed by atoms with Crippen molar-refractivity contribution in [2.45, 2.75) is 20.4 Å². The van der Waals surface area contributed by atoms with Crippen molar-refractivity contribution < 1.29 is 14.5 Å². The van der Waals surface area contributed by atoms with Crippen LogP contribution in [0.3, 0.4) is 0 Å². The van der Waals surface area contributed by atoms with Crippen molar-refractivity contribution >= 4 is 11.7 Å². The zero-order chi connectivity index (χ0) is 17.1. The zero-order valence-electron chi connectivity index (χ0n) is 13.0. The molecule has 7 heteroatoms. The van der Waals surface area contributed by atoms with Crippen LogP contribution in [0.2, 0.25) is 0 Å². The summed E-state index contributed by atoms with van der Waals surface area (Å²) in [6.07, 6.45) is 1.14. The topological polar surface area (TPSA) is 91.4 Å². The fourth-order valence-electron chi connectivity index (χ4n) is 2.25. The predicted molar refractivity (Wildman–Crippen MR) is 83.7 cm³/mol. The SMILES string of the molecule is COC(=O)c1cc([N+](=O)[O-])cn(Cc2cc(C)ccc2C)c1=O. The van der Waals surface area contributed by atoms with Crippen molar-refractivity contribution in [2.24, 2.45) is 0 Å². The van der Waals surface area contributed by atoms with Gasteiger partial charge in [-0.25, -0.2) is 4.79 Å². The van der Waals surface area contributed by atoms with Gasteiger partial charge in [0.05, 0.1) is 24.8 Å². The van der Waals surface area contributed by atoms with E-state index < -0.39 is 16.5 Å². The van der Waals surface area contributed by atoms with Gasteiger partial charge in [0.15, 0.2) is 0 Å². The van der Waals surface area contributed by atoms with Crippen molar-refractivity contribution in [2.75, 3.05) is 7.11 Å². The van der Waals surface area contributed by atoms with Crippen LogP contribution in [0.25, 0.3) is 0 Å². The number of rotatable bonds is 4. The van der Waals surface area contributed by atoms with Gasteiger partial charge in [0.2, 0.25) is 0 Å². The van der Waals surface area contributed by atoms with Gasteiger partial charge in [0, 0.05) is 6.07 Å². The molecule has 0 bridgehead atoms. The third kappa shape index (κ3) is 3.45. The van der Waals surface area contributed by atoms with E-state index in [2.05, 4.69) is 4.74 Å². The number of esters is 1. The quantitative estimate of drug-likeness (QED) is 0.490. The Morgan fingerprint density at radius 2 is 2.00 bits per heavy atom. The van der Waals surface area contributed by atoms with Gasteiger partial charge < -0.3 is 9.30 Å². The second-order valence-corrected chi connectivity index (χ2v) is 5.22. The van der Waals surface area contributed by atoms with Gasteiger partial charge in [0.25, 0.3) is 11.2 Å². The Bertz CT molecular complexity index is 839. The van der Waals surface area contributed by atoms with Crippen LogP contribution in [0, 0.1) is 24.0 Å². The number of methoxy groups -OCH3 is 1. The number of aromatic nitrogens is 1. The van der Waals surface area contributed by atoms with Gasteiger partial charge in [0.1, 0.15) is 5.56 Å². The van der Waals surface area contributed by atoms with Crippen molar-refractivity contribution in [1.29, 1.82) is 0 Å². The Labute approximate surface area is 132 Å². The predicted octanol–water partition coefficient (Wildman–Crippen LogP) is 2.21. The van der Waals surface area contributed by atoms with E-state index in [9.17, 15) is 19.7 Å². The molecule has 0 unspecified atom stereocenters. The molecule has 1 aromatic heterocycles. The fourth-order valence-corrected chi connectivity index (χ4v) is 2.25. The van der Waals surface area contributed by atoms with Crippen LogP contribution in [-0.4, -0.2) is 22.6 Å². The average molecular weight is 316 g/mol. The summed E-state index contributed by atoms with van der Waals surface area (Å²) in [5, 5.41) is 11.0. The highest BCUT2D eigenvalue weighted by Gasteiger charge is 2.20. The number of ether oxygens (including phenoxy) is 1. The summed E-state index contributed by atoms with van der Waals surface area (Å²) >= 11 is 0. The summed E-state index contributed by atoms with van der Waals surface area (Å²) in [6.45, 7) is 3.94. The highest BCUT2D eigenvalue weighted by atomic mass is 16.6. The lowest BCUT2D eigenvalue weighted by Crippen LogP contribution is -2.27. The number of carbonyl (C=O) groups excluding carboxylic acids is 1. The van der Waals surface area contributed by atoms with Crippen LogP contribution in [0.1, 0.15) is 27.0 Å². The largest absolute Gasteiger partial charge is 0.465 e. The Hall–Kier alpha value is -2.96. The van der Waals surface area contributed by atoms with E-state index in [1.165, 1.54) is 0 Å². The van der Waals surface area contributed by atoms with Gasteiger partial charge in [-0.1, -0.05) is 23.8 Å². The molecule has 0 spiro atoms. The molecule has 0 fully saturated rings. The number of pyridine rings is 1. The average Bonchev–Trinajstić information content (AvgIpc) is 2.51. The van der Waals surface area contributed by atoms with Crippen molar-refractivity contribution in [3.63, 3.8) is 0 Å². The second-order valence-electron chi connectivity index (χ2n) is 5.22. The highest BCUT2D eigenvalue weighted by Crippen LogP contribution is 2.15. The molecular weight excluding hydrogens is 300 g/mol. The second kappa shape index (κ2) is 6.43. The van der Waals surface area contributed by atoms with Crippen LogP contribution in [0.4, 0.5) is 5.69 Å². The molecule has 2 rings (SSSR count). The monoisotopic (exact) mass is 316 g/mol. The molecule has 23 heavy (non-hydrogen) atoms. The summed E-state index contributed by atoms with van der Waals surface area (Å²) in [4.78, 5) is 34.5. The molecule has 120 valence electrons. The van der Waals surface area contributed by atoms with Gasteiger partial charge >= 0.3 is 5.97 Å². The van der Waals surface area contributed by atoms with Crippen LogP contribution >= 0.6 is 0 Å². The number of nitro groups is 1. The van der Waals surface area contributed by atoms with Gasteiger partial charge in [-0.3, -0.25) is 14.9 Å². The standard InChI is InChI=1S/C16H16N2O5/c1-10-4-5-11(2)12(6-10)8-17-9-13(18(21)22)7-14(15(17)19)16(20)23-3/h4-7,9H,8H2,1-3H3. The smallest absolute Gasteiger partial charge is 0.343 e. The van der Waals surface area contributed by atoms with E-state index >= 15 is 0 Å². The van der Waals surface area contributed by atoms with E-state index in [0.29, 0.717) is 0 Å². The summed E-state index contributed by atoms with van der Waals surface area (Å²) in [6, 6.07) is 6.69. The molecule has 0 amide bonds. The van der Waals surface area contributed by atoms with Crippen molar-refractivity contribution in [3.8, 4) is 0 Å². The Balaban J connectivity index is 2.59. The summed E-state index contributed by atoms with van der Waals surface area (Å²) in [5.41, 5.74) is 1.50. The van der Waals surface area contributed by atoms with Crippen LogP contribution in [-0.2, 0) is 11.3 Å². The van der Waals surface area contributed by atoms with Gasteiger partial charge in [-0.2, -0.15) is 0 Å². The number of aryl methyl sites for hydroxylation is 2. The first-order valence-corrected chi connectivity index (χ1v) is 6.87. The lowest BCUT2D eigenvalue weighted by molar-refractivity contribution is -0.385. The summed E-state index contributed by atoms with van der Waals surface area (Å²) < 4.78 is 5.68. The molecule has 1 aromatic carbocycles. The molecule has 0 aliphatic heterocycles.